The van der Waals surface area contributed by atoms with Crippen molar-refractivity contribution < 1.29 is 14.6 Å². The van der Waals surface area contributed by atoms with Crippen molar-refractivity contribution in [2.24, 2.45) is 11.8 Å². The van der Waals surface area contributed by atoms with Crippen LogP contribution in [0, 0.1) is 11.8 Å². The molecule has 3 rings (SSSR count). The summed E-state index contributed by atoms with van der Waals surface area (Å²) < 4.78 is 5.28. The van der Waals surface area contributed by atoms with Gasteiger partial charge in [0.05, 0.1) is 13.0 Å². The smallest absolute Gasteiger partial charge is 0.307 e. The number of aliphatic carboxylic acids is 1. The van der Waals surface area contributed by atoms with Gasteiger partial charge in [0.25, 0.3) is 0 Å². The van der Waals surface area contributed by atoms with Gasteiger partial charge in [-0.1, -0.05) is 13.0 Å². The van der Waals surface area contributed by atoms with Crippen LogP contribution < -0.4 is 4.74 Å². The van der Waals surface area contributed by atoms with Crippen LogP contribution in [0.15, 0.2) is 18.2 Å². The number of aryl methyl sites for hydroxylation is 1. The van der Waals surface area contributed by atoms with Crippen molar-refractivity contribution in [3.63, 3.8) is 0 Å². The van der Waals surface area contributed by atoms with Gasteiger partial charge in [0, 0.05) is 5.41 Å². The molecule has 0 heterocycles. The Morgan fingerprint density at radius 1 is 1.50 bits per heavy atom. The number of ether oxygens (including phenoxy) is 1. The molecule has 0 aliphatic heterocycles. The second-order valence-corrected chi connectivity index (χ2v) is 5.52. The molecule has 1 aromatic carbocycles. The minimum Gasteiger partial charge on any atom is -0.497 e. The number of hydrogen-bond acceptors (Lipinski definition) is 2. The fourth-order valence-electron chi connectivity index (χ4n) is 3.90. The van der Waals surface area contributed by atoms with E-state index >= 15 is 0 Å². The summed E-state index contributed by atoms with van der Waals surface area (Å²) in [4.78, 5) is 11.4. The average molecular weight is 246 g/mol. The standard InChI is InChI=1S/C15H18O3/c1-9-13(14(16)17)15(9)7-3-4-10-5-6-11(18-2)8-12(10)15/h5-6,8-9,13H,3-4,7H2,1-2H3,(H,16,17). The largest absolute Gasteiger partial charge is 0.497 e. The molecule has 1 aromatic rings. The van der Waals surface area contributed by atoms with E-state index in [2.05, 4.69) is 13.0 Å². The monoisotopic (exact) mass is 246 g/mol. The predicted molar refractivity (Wildman–Crippen MR) is 67.9 cm³/mol. The SMILES string of the molecule is COc1ccc2c(c1)C1(CCC2)C(C)C1C(=O)O. The minimum absolute atomic E-state index is 0.131. The van der Waals surface area contributed by atoms with E-state index in [9.17, 15) is 9.90 Å². The highest BCUT2D eigenvalue weighted by atomic mass is 16.5. The number of hydrogen-bond donors (Lipinski definition) is 1. The third-order valence-corrected chi connectivity index (χ3v) is 4.88. The van der Waals surface area contributed by atoms with Crippen LogP contribution in [0.3, 0.4) is 0 Å². The summed E-state index contributed by atoms with van der Waals surface area (Å²) in [7, 11) is 1.65. The molecule has 3 heteroatoms. The second-order valence-electron chi connectivity index (χ2n) is 5.52. The lowest BCUT2D eigenvalue weighted by Gasteiger charge is -2.27. The van der Waals surface area contributed by atoms with E-state index in [1.54, 1.807) is 7.11 Å². The van der Waals surface area contributed by atoms with E-state index in [1.165, 1.54) is 11.1 Å². The maximum absolute atomic E-state index is 11.4. The number of carbonyl (C=O) groups is 1. The van der Waals surface area contributed by atoms with Crippen LogP contribution in [-0.2, 0) is 16.6 Å². The van der Waals surface area contributed by atoms with Crippen molar-refractivity contribution in [1.82, 2.24) is 0 Å². The van der Waals surface area contributed by atoms with Gasteiger partial charge in [0.15, 0.2) is 0 Å². The summed E-state index contributed by atoms with van der Waals surface area (Å²) in [6, 6.07) is 6.12. The Morgan fingerprint density at radius 3 is 2.89 bits per heavy atom. The molecule has 96 valence electrons. The van der Waals surface area contributed by atoms with Crippen molar-refractivity contribution >= 4 is 5.97 Å². The molecule has 0 aromatic heterocycles. The van der Waals surface area contributed by atoms with Crippen molar-refractivity contribution in [3.8, 4) is 5.75 Å². The van der Waals surface area contributed by atoms with Crippen molar-refractivity contribution in [3.05, 3.63) is 29.3 Å². The molecule has 0 amide bonds. The van der Waals surface area contributed by atoms with Gasteiger partial charge in [-0.15, -0.1) is 0 Å². The molecule has 1 saturated carbocycles. The summed E-state index contributed by atoms with van der Waals surface area (Å²) >= 11 is 0. The maximum Gasteiger partial charge on any atom is 0.307 e. The van der Waals surface area contributed by atoms with Crippen LogP contribution in [-0.4, -0.2) is 18.2 Å². The number of rotatable bonds is 2. The van der Waals surface area contributed by atoms with Gasteiger partial charge in [0.2, 0.25) is 0 Å². The van der Waals surface area contributed by atoms with Crippen LogP contribution in [0.25, 0.3) is 0 Å². The van der Waals surface area contributed by atoms with Crippen LogP contribution >= 0.6 is 0 Å². The van der Waals surface area contributed by atoms with Gasteiger partial charge >= 0.3 is 5.97 Å². The number of carboxylic acids is 1. The van der Waals surface area contributed by atoms with Gasteiger partial charge in [-0.05, 0) is 48.4 Å². The summed E-state index contributed by atoms with van der Waals surface area (Å²) in [6.45, 7) is 2.06. The molecule has 1 fully saturated rings. The lowest BCUT2D eigenvalue weighted by atomic mass is 9.77. The molecule has 2 aliphatic carbocycles. The van der Waals surface area contributed by atoms with Crippen LogP contribution in [0.5, 0.6) is 5.75 Å². The Kier molecular flexibility index (Phi) is 2.40. The first-order valence-electron chi connectivity index (χ1n) is 6.51. The fourth-order valence-corrected chi connectivity index (χ4v) is 3.90. The van der Waals surface area contributed by atoms with Gasteiger partial charge in [-0.2, -0.15) is 0 Å². The second kappa shape index (κ2) is 3.74. The fraction of sp³-hybridized carbons (Fsp3) is 0.533. The molecule has 3 atom stereocenters. The molecule has 1 N–H and O–H groups in total. The minimum atomic E-state index is -0.654. The summed E-state index contributed by atoms with van der Waals surface area (Å²) in [5.74, 6) is 0.196. The highest BCUT2D eigenvalue weighted by molar-refractivity contribution is 5.79. The van der Waals surface area contributed by atoms with E-state index in [1.807, 2.05) is 12.1 Å². The third kappa shape index (κ3) is 1.33. The quantitative estimate of drug-likeness (QED) is 0.872. The zero-order valence-electron chi connectivity index (χ0n) is 10.8. The van der Waals surface area contributed by atoms with E-state index in [-0.39, 0.29) is 17.3 Å². The molecule has 18 heavy (non-hydrogen) atoms. The summed E-state index contributed by atoms with van der Waals surface area (Å²) in [6.07, 6.45) is 3.14. The Hall–Kier alpha value is -1.51. The zero-order chi connectivity index (χ0) is 12.9. The first kappa shape index (κ1) is 11.6. The van der Waals surface area contributed by atoms with Gasteiger partial charge in [-0.3, -0.25) is 4.79 Å². The molecule has 3 unspecified atom stereocenters. The van der Waals surface area contributed by atoms with Gasteiger partial charge in [0.1, 0.15) is 5.75 Å². The average Bonchev–Trinajstić information content (AvgIpc) is 2.95. The molecule has 1 spiro atoms. The van der Waals surface area contributed by atoms with Crippen LogP contribution in [0.4, 0.5) is 0 Å². The van der Waals surface area contributed by atoms with E-state index in [0.29, 0.717) is 0 Å². The zero-order valence-corrected chi connectivity index (χ0v) is 10.8. The maximum atomic E-state index is 11.4. The first-order chi connectivity index (χ1) is 8.61. The summed E-state index contributed by atoms with van der Waals surface area (Å²) in [5, 5.41) is 9.36. The van der Waals surface area contributed by atoms with Crippen molar-refractivity contribution in [2.75, 3.05) is 7.11 Å². The topological polar surface area (TPSA) is 46.5 Å². The molecular formula is C15H18O3. The highest BCUT2D eigenvalue weighted by Gasteiger charge is 2.67. The predicted octanol–water partition coefficient (Wildman–Crippen LogP) is 2.62. The number of fused-ring (bicyclic) bond motifs is 2. The number of carboxylic acid groups (broad SMARTS) is 1. The lowest BCUT2D eigenvalue weighted by molar-refractivity contribution is -0.139. The summed E-state index contributed by atoms with van der Waals surface area (Å²) in [5.41, 5.74) is 2.39. The molecule has 0 saturated heterocycles. The van der Waals surface area contributed by atoms with Crippen molar-refractivity contribution in [1.29, 1.82) is 0 Å². The Morgan fingerprint density at radius 2 is 2.28 bits per heavy atom. The van der Waals surface area contributed by atoms with Gasteiger partial charge < -0.3 is 9.84 Å². The van der Waals surface area contributed by atoms with Crippen molar-refractivity contribution in [2.45, 2.75) is 31.6 Å². The van der Waals surface area contributed by atoms with E-state index < -0.39 is 5.97 Å². The van der Waals surface area contributed by atoms with Gasteiger partial charge in [-0.25, -0.2) is 0 Å². The molecule has 3 nitrogen and oxygen atoms in total. The molecular weight excluding hydrogens is 228 g/mol. The third-order valence-electron chi connectivity index (χ3n) is 4.88. The Labute approximate surface area is 107 Å². The first-order valence-corrected chi connectivity index (χ1v) is 6.51. The Bertz CT molecular complexity index is 508. The van der Waals surface area contributed by atoms with E-state index in [0.717, 1.165) is 25.0 Å². The van der Waals surface area contributed by atoms with Crippen LogP contribution in [0.2, 0.25) is 0 Å². The number of methoxy groups -OCH3 is 1. The molecule has 0 bridgehead atoms. The molecule has 2 aliphatic rings. The van der Waals surface area contributed by atoms with E-state index in [4.69, 9.17) is 4.74 Å². The number of benzene rings is 1. The Balaban J connectivity index is 2.10. The lowest BCUT2D eigenvalue weighted by Crippen LogP contribution is -2.22. The normalized spacial score (nSPS) is 33.0. The van der Waals surface area contributed by atoms with Crippen LogP contribution in [0.1, 0.15) is 30.9 Å². The highest BCUT2D eigenvalue weighted by Crippen LogP contribution is 2.65. The molecule has 0 radical (unpaired) electrons.